The van der Waals surface area contributed by atoms with Crippen molar-refractivity contribution in [2.75, 3.05) is 0 Å². The van der Waals surface area contributed by atoms with E-state index in [4.69, 9.17) is 4.42 Å². The van der Waals surface area contributed by atoms with Gasteiger partial charge in [0.15, 0.2) is 0 Å². The number of furan rings is 1. The van der Waals surface area contributed by atoms with Crippen LogP contribution in [0.25, 0.3) is 116 Å². The van der Waals surface area contributed by atoms with Crippen LogP contribution in [0, 0.1) is 22.7 Å². The number of nitrogens with zero attached hydrogens (tertiary/aromatic N) is 5. The Kier molecular flexibility index (Phi) is 6.94. The normalized spacial score (nSPS) is 13.2. The van der Waals surface area contributed by atoms with Gasteiger partial charge in [-0.3, -0.25) is 0 Å². The lowest BCUT2D eigenvalue weighted by molar-refractivity contribution is 0.661. The minimum absolute atomic E-state index is 0.253. The van der Waals surface area contributed by atoms with Crippen molar-refractivity contribution in [2.45, 2.75) is 19.3 Å². The second kappa shape index (κ2) is 12.6. The first kappa shape index (κ1) is 35.7. The Hall–Kier alpha value is -8.84. The molecule has 9 aromatic carbocycles. The largest absolute Gasteiger partial charge is 0.455 e. The first-order valence-electron chi connectivity index (χ1n) is 22.0. The highest BCUT2D eigenvalue weighted by molar-refractivity contribution is 6.24. The fourth-order valence-electron chi connectivity index (χ4n) is 11.4. The fourth-order valence-corrected chi connectivity index (χ4v) is 11.4. The highest BCUT2D eigenvalue weighted by Crippen LogP contribution is 2.51. The van der Waals surface area contributed by atoms with Crippen molar-refractivity contribution in [3.8, 4) is 40.3 Å². The van der Waals surface area contributed by atoms with Gasteiger partial charge in [0.1, 0.15) is 23.3 Å². The van der Waals surface area contributed by atoms with Crippen molar-refractivity contribution < 1.29 is 4.42 Å². The van der Waals surface area contributed by atoms with E-state index < -0.39 is 0 Å². The molecular formula is C59H35N5O. The van der Waals surface area contributed by atoms with E-state index in [2.05, 4.69) is 173 Å². The Morgan fingerprint density at radius 2 is 0.969 bits per heavy atom. The standard InChI is InChI=1S/C59H35N5O/c1-59(2)46-18-8-3-13-37(46)43-30-45-44-29-36(62-48-19-9-4-14-38(48)39-15-5-10-20-49(39)62)23-25-51(44)64(55(45)31-47(43)59)54-28-34(32-60)53(27-35(54)33-61)63-50-21-11-6-17-42(50)57-52(63)26-24-41-40-16-7-12-22-56(40)65-58(41)57/h3-31H,1-2H3. The number of nitriles is 2. The summed E-state index contributed by atoms with van der Waals surface area (Å²) in [5.41, 5.74) is 15.7. The molecule has 0 amide bonds. The lowest BCUT2D eigenvalue weighted by Crippen LogP contribution is -2.15. The highest BCUT2D eigenvalue weighted by atomic mass is 16.3. The van der Waals surface area contributed by atoms with Crippen LogP contribution in [-0.2, 0) is 5.41 Å². The Morgan fingerprint density at radius 3 is 1.68 bits per heavy atom. The van der Waals surface area contributed by atoms with E-state index in [1.54, 1.807) is 0 Å². The molecular weight excluding hydrogens is 795 g/mol. The van der Waals surface area contributed by atoms with Crippen molar-refractivity contribution in [3.05, 3.63) is 198 Å². The van der Waals surface area contributed by atoms with Gasteiger partial charge in [-0.2, -0.15) is 10.5 Å². The molecule has 0 spiro atoms. The van der Waals surface area contributed by atoms with Gasteiger partial charge in [-0.15, -0.1) is 0 Å². The molecule has 0 N–H and O–H groups in total. The van der Waals surface area contributed by atoms with Crippen LogP contribution in [0.1, 0.15) is 36.1 Å². The number of rotatable bonds is 3. The van der Waals surface area contributed by atoms with Gasteiger partial charge >= 0.3 is 0 Å². The predicted octanol–water partition coefficient (Wildman–Crippen LogP) is 14.9. The molecule has 0 bridgehead atoms. The van der Waals surface area contributed by atoms with E-state index in [1.807, 2.05) is 42.5 Å². The SMILES string of the molecule is CC1(C)c2ccccc2-c2cc3c4cc(-n5c6ccccc6c6ccccc65)ccc4n(-c4cc(C#N)c(-n5c6ccccc6c6c7oc8ccccc8c7ccc65)cc4C#N)c3cc21. The predicted molar refractivity (Wildman–Crippen MR) is 264 cm³/mol. The summed E-state index contributed by atoms with van der Waals surface area (Å²) >= 11 is 0. The molecule has 1 aliphatic rings. The number of para-hydroxylation sites is 4. The third kappa shape index (κ3) is 4.60. The second-order valence-electron chi connectivity index (χ2n) is 17.9. The Balaban J connectivity index is 1.06. The third-order valence-corrected chi connectivity index (χ3v) is 14.3. The number of aromatic nitrogens is 3. The van der Waals surface area contributed by atoms with Gasteiger partial charge in [0.05, 0.1) is 61.0 Å². The number of benzene rings is 9. The van der Waals surface area contributed by atoms with Crippen LogP contribution in [0.2, 0.25) is 0 Å². The molecule has 14 rings (SSSR count). The summed E-state index contributed by atoms with van der Waals surface area (Å²) in [5, 5.41) is 31.1. The number of fused-ring (bicyclic) bond motifs is 16. The van der Waals surface area contributed by atoms with Crippen LogP contribution in [0.15, 0.2) is 180 Å². The number of hydrogen-bond acceptors (Lipinski definition) is 3. The van der Waals surface area contributed by atoms with Gasteiger partial charge in [0.25, 0.3) is 0 Å². The minimum Gasteiger partial charge on any atom is -0.455 e. The van der Waals surface area contributed by atoms with Crippen LogP contribution in [0.3, 0.4) is 0 Å². The molecule has 4 aromatic heterocycles. The third-order valence-electron chi connectivity index (χ3n) is 14.3. The van der Waals surface area contributed by atoms with Crippen molar-refractivity contribution >= 4 is 87.4 Å². The van der Waals surface area contributed by atoms with Crippen molar-refractivity contribution in [3.63, 3.8) is 0 Å². The zero-order valence-electron chi connectivity index (χ0n) is 35.4. The molecule has 6 heteroatoms. The lowest BCUT2D eigenvalue weighted by atomic mass is 9.82. The fraction of sp³-hybridized carbons (Fsp3) is 0.0508. The van der Waals surface area contributed by atoms with E-state index in [-0.39, 0.29) is 5.41 Å². The molecule has 0 saturated heterocycles. The summed E-state index contributed by atoms with van der Waals surface area (Å²) in [5.74, 6) is 0. The Labute approximate surface area is 372 Å². The van der Waals surface area contributed by atoms with Crippen LogP contribution in [0.4, 0.5) is 0 Å². The van der Waals surface area contributed by atoms with Gasteiger partial charge in [0, 0.05) is 48.8 Å². The number of hydrogen-bond donors (Lipinski definition) is 0. The molecule has 0 aliphatic heterocycles. The molecule has 6 nitrogen and oxygen atoms in total. The molecule has 1 aliphatic carbocycles. The highest BCUT2D eigenvalue weighted by Gasteiger charge is 2.36. The average molecular weight is 830 g/mol. The topological polar surface area (TPSA) is 75.5 Å². The van der Waals surface area contributed by atoms with E-state index in [9.17, 15) is 10.5 Å². The maximum absolute atomic E-state index is 11.2. The minimum atomic E-state index is -0.253. The lowest BCUT2D eigenvalue weighted by Gasteiger charge is -2.22. The molecule has 0 saturated carbocycles. The first-order valence-corrected chi connectivity index (χ1v) is 22.0. The molecule has 302 valence electrons. The van der Waals surface area contributed by atoms with Gasteiger partial charge in [-0.1, -0.05) is 111 Å². The molecule has 0 fully saturated rings. The summed E-state index contributed by atoms with van der Waals surface area (Å²) in [4.78, 5) is 0. The summed E-state index contributed by atoms with van der Waals surface area (Å²) in [6, 6.07) is 66.8. The van der Waals surface area contributed by atoms with E-state index in [0.717, 1.165) is 82.3 Å². The van der Waals surface area contributed by atoms with Gasteiger partial charge < -0.3 is 18.1 Å². The van der Waals surface area contributed by atoms with Gasteiger partial charge in [-0.05, 0) is 101 Å². The van der Waals surface area contributed by atoms with Gasteiger partial charge in [0.2, 0.25) is 0 Å². The maximum Gasteiger partial charge on any atom is 0.145 e. The Morgan fingerprint density at radius 1 is 0.415 bits per heavy atom. The van der Waals surface area contributed by atoms with Crippen LogP contribution in [-0.4, -0.2) is 13.7 Å². The first-order chi connectivity index (χ1) is 31.9. The van der Waals surface area contributed by atoms with E-state index >= 15 is 0 Å². The molecule has 0 atom stereocenters. The van der Waals surface area contributed by atoms with Crippen LogP contribution < -0.4 is 0 Å². The quantitative estimate of drug-likeness (QED) is 0.178. The molecule has 0 unspecified atom stereocenters. The van der Waals surface area contributed by atoms with Crippen LogP contribution in [0.5, 0.6) is 0 Å². The molecule has 65 heavy (non-hydrogen) atoms. The van der Waals surface area contributed by atoms with Crippen molar-refractivity contribution in [1.29, 1.82) is 10.5 Å². The van der Waals surface area contributed by atoms with E-state index in [1.165, 1.54) is 33.0 Å². The second-order valence-corrected chi connectivity index (χ2v) is 17.9. The Bertz CT molecular complexity index is 4310. The van der Waals surface area contributed by atoms with Crippen molar-refractivity contribution in [1.82, 2.24) is 13.7 Å². The van der Waals surface area contributed by atoms with E-state index in [0.29, 0.717) is 22.5 Å². The summed E-state index contributed by atoms with van der Waals surface area (Å²) in [6.07, 6.45) is 0. The van der Waals surface area contributed by atoms with Crippen LogP contribution >= 0.6 is 0 Å². The average Bonchev–Trinajstić information content (AvgIpc) is 4.13. The summed E-state index contributed by atoms with van der Waals surface area (Å²) in [6.45, 7) is 4.59. The maximum atomic E-state index is 11.2. The smallest absolute Gasteiger partial charge is 0.145 e. The molecule has 0 radical (unpaired) electrons. The summed E-state index contributed by atoms with van der Waals surface area (Å²) in [7, 11) is 0. The summed E-state index contributed by atoms with van der Waals surface area (Å²) < 4.78 is 13.3. The monoisotopic (exact) mass is 829 g/mol. The molecule has 13 aromatic rings. The zero-order chi connectivity index (χ0) is 43.3. The zero-order valence-corrected chi connectivity index (χ0v) is 35.4. The molecule has 4 heterocycles. The van der Waals surface area contributed by atoms with Crippen molar-refractivity contribution in [2.24, 2.45) is 0 Å². The van der Waals surface area contributed by atoms with Gasteiger partial charge in [-0.25, -0.2) is 0 Å².